The zero-order valence-corrected chi connectivity index (χ0v) is 13.5. The smallest absolute Gasteiger partial charge is 0.208 e. The van der Waals surface area contributed by atoms with Crippen LogP contribution >= 0.6 is 0 Å². The summed E-state index contributed by atoms with van der Waals surface area (Å²) in [6.07, 6.45) is 1.13. The molecule has 0 amide bonds. The lowest BCUT2D eigenvalue weighted by molar-refractivity contribution is 0.323. The van der Waals surface area contributed by atoms with E-state index in [9.17, 15) is 8.42 Å². The molecule has 0 saturated heterocycles. The SMILES string of the molecule is COc1cc(CNCCNS(C)(=O)=O)cc(OC)c1OC. The van der Waals surface area contributed by atoms with Crippen LogP contribution in [0.4, 0.5) is 0 Å². The Labute approximate surface area is 125 Å². The second-order valence-corrected chi connectivity index (χ2v) is 6.21. The van der Waals surface area contributed by atoms with Crippen LogP contribution in [0, 0.1) is 0 Å². The third kappa shape index (κ3) is 5.78. The molecule has 8 heteroatoms. The standard InChI is InChI=1S/C13H22N2O5S/c1-18-11-7-10(8-12(19-2)13(11)20-3)9-14-5-6-15-21(4,16)17/h7-8,14-15H,5-6,9H2,1-4H3. The van der Waals surface area contributed by atoms with Crippen LogP contribution in [0.2, 0.25) is 0 Å². The second kappa shape index (κ2) is 8.06. The number of methoxy groups -OCH3 is 3. The average Bonchev–Trinajstić information content (AvgIpc) is 2.44. The Morgan fingerprint density at radius 3 is 2.00 bits per heavy atom. The Kier molecular flexibility index (Phi) is 6.73. The number of rotatable bonds is 9. The minimum Gasteiger partial charge on any atom is -0.493 e. The Morgan fingerprint density at radius 2 is 1.57 bits per heavy atom. The largest absolute Gasteiger partial charge is 0.493 e. The number of sulfonamides is 1. The highest BCUT2D eigenvalue weighted by Gasteiger charge is 2.12. The van der Waals surface area contributed by atoms with Crippen molar-refractivity contribution in [2.24, 2.45) is 0 Å². The third-order valence-corrected chi connectivity index (χ3v) is 3.45. The van der Waals surface area contributed by atoms with E-state index in [0.29, 0.717) is 36.9 Å². The molecule has 0 unspecified atom stereocenters. The third-order valence-electron chi connectivity index (χ3n) is 2.72. The summed E-state index contributed by atoms with van der Waals surface area (Å²) in [6, 6.07) is 3.69. The van der Waals surface area contributed by atoms with Crippen molar-refractivity contribution in [1.29, 1.82) is 0 Å². The van der Waals surface area contributed by atoms with E-state index in [2.05, 4.69) is 10.0 Å². The van der Waals surface area contributed by atoms with E-state index in [4.69, 9.17) is 14.2 Å². The van der Waals surface area contributed by atoms with Gasteiger partial charge in [-0.05, 0) is 17.7 Å². The zero-order valence-electron chi connectivity index (χ0n) is 12.7. The first-order chi connectivity index (χ1) is 9.91. The first-order valence-electron chi connectivity index (χ1n) is 6.35. The zero-order chi connectivity index (χ0) is 15.9. The fourth-order valence-electron chi connectivity index (χ4n) is 1.79. The Bertz CT molecular complexity index is 535. The molecule has 7 nitrogen and oxygen atoms in total. The van der Waals surface area contributed by atoms with Gasteiger partial charge in [0.1, 0.15) is 0 Å². The van der Waals surface area contributed by atoms with Crippen molar-refractivity contribution in [3.63, 3.8) is 0 Å². The van der Waals surface area contributed by atoms with Crippen molar-refractivity contribution in [2.45, 2.75) is 6.54 Å². The van der Waals surface area contributed by atoms with E-state index in [1.165, 1.54) is 0 Å². The fraction of sp³-hybridized carbons (Fsp3) is 0.538. The van der Waals surface area contributed by atoms with Gasteiger partial charge in [0, 0.05) is 19.6 Å². The van der Waals surface area contributed by atoms with Gasteiger partial charge in [-0.1, -0.05) is 0 Å². The van der Waals surface area contributed by atoms with Gasteiger partial charge in [0.05, 0.1) is 27.6 Å². The van der Waals surface area contributed by atoms with Crippen LogP contribution < -0.4 is 24.2 Å². The van der Waals surface area contributed by atoms with Crippen molar-refractivity contribution < 1.29 is 22.6 Å². The Balaban J connectivity index is 2.63. The van der Waals surface area contributed by atoms with Crippen LogP contribution in [0.15, 0.2) is 12.1 Å². The van der Waals surface area contributed by atoms with Crippen LogP contribution in [0.3, 0.4) is 0 Å². The monoisotopic (exact) mass is 318 g/mol. The van der Waals surface area contributed by atoms with Crippen molar-refractivity contribution in [3.05, 3.63) is 17.7 Å². The predicted molar refractivity (Wildman–Crippen MR) is 80.7 cm³/mol. The molecule has 0 radical (unpaired) electrons. The summed E-state index contributed by atoms with van der Waals surface area (Å²) in [5, 5.41) is 3.14. The Morgan fingerprint density at radius 1 is 1.00 bits per heavy atom. The molecule has 0 fully saturated rings. The van der Waals surface area contributed by atoms with E-state index in [1.54, 1.807) is 21.3 Å². The van der Waals surface area contributed by atoms with Gasteiger partial charge >= 0.3 is 0 Å². The second-order valence-electron chi connectivity index (χ2n) is 4.38. The molecule has 120 valence electrons. The molecule has 0 aromatic heterocycles. The average molecular weight is 318 g/mol. The van der Waals surface area contributed by atoms with Crippen LogP contribution in [0.25, 0.3) is 0 Å². The van der Waals surface area contributed by atoms with Crippen molar-refractivity contribution >= 4 is 10.0 Å². The van der Waals surface area contributed by atoms with Gasteiger partial charge in [-0.3, -0.25) is 0 Å². The van der Waals surface area contributed by atoms with Crippen molar-refractivity contribution in [3.8, 4) is 17.2 Å². The van der Waals surface area contributed by atoms with Gasteiger partial charge in [-0.25, -0.2) is 13.1 Å². The molecule has 1 aromatic rings. The quantitative estimate of drug-likeness (QED) is 0.639. The maximum Gasteiger partial charge on any atom is 0.208 e. The summed E-state index contributed by atoms with van der Waals surface area (Å²) < 4.78 is 40.0. The first-order valence-corrected chi connectivity index (χ1v) is 8.24. The molecule has 21 heavy (non-hydrogen) atoms. The minimum absolute atomic E-state index is 0.337. The highest BCUT2D eigenvalue weighted by atomic mass is 32.2. The highest BCUT2D eigenvalue weighted by molar-refractivity contribution is 7.88. The number of hydrogen-bond donors (Lipinski definition) is 2. The number of hydrogen-bond acceptors (Lipinski definition) is 6. The summed E-state index contributed by atoms with van der Waals surface area (Å²) >= 11 is 0. The van der Waals surface area contributed by atoms with Gasteiger partial charge in [-0.2, -0.15) is 0 Å². The molecule has 0 saturated carbocycles. The minimum atomic E-state index is -3.15. The van der Waals surface area contributed by atoms with Gasteiger partial charge < -0.3 is 19.5 Å². The van der Waals surface area contributed by atoms with Gasteiger partial charge in [0.2, 0.25) is 15.8 Å². The molecule has 0 atom stereocenters. The number of benzene rings is 1. The molecule has 0 heterocycles. The summed E-state index contributed by atoms with van der Waals surface area (Å²) in [5.74, 6) is 1.72. The summed E-state index contributed by atoms with van der Waals surface area (Å²) in [7, 11) is 1.52. The molecule has 0 spiro atoms. The normalized spacial score (nSPS) is 11.2. The molecule has 0 aliphatic rings. The lowest BCUT2D eigenvalue weighted by Gasteiger charge is -2.14. The topological polar surface area (TPSA) is 85.9 Å². The lowest BCUT2D eigenvalue weighted by Crippen LogP contribution is -2.30. The van der Waals surface area contributed by atoms with Gasteiger partial charge in [0.25, 0.3) is 0 Å². The lowest BCUT2D eigenvalue weighted by atomic mass is 10.2. The molecule has 0 aliphatic carbocycles. The molecule has 0 aliphatic heterocycles. The van der Waals surface area contributed by atoms with Gasteiger partial charge in [-0.15, -0.1) is 0 Å². The molecule has 1 rings (SSSR count). The maximum absolute atomic E-state index is 10.9. The summed E-state index contributed by atoms with van der Waals surface area (Å²) in [6.45, 7) is 1.41. The molecular weight excluding hydrogens is 296 g/mol. The molecule has 0 bridgehead atoms. The van der Waals surface area contributed by atoms with E-state index in [-0.39, 0.29) is 0 Å². The summed E-state index contributed by atoms with van der Waals surface area (Å²) in [5.41, 5.74) is 0.948. The highest BCUT2D eigenvalue weighted by Crippen LogP contribution is 2.38. The number of ether oxygens (including phenoxy) is 3. The van der Waals surface area contributed by atoms with E-state index in [0.717, 1.165) is 11.8 Å². The molecule has 2 N–H and O–H groups in total. The molecular formula is C13H22N2O5S. The molecule has 1 aromatic carbocycles. The van der Waals surface area contributed by atoms with Crippen LogP contribution in [-0.4, -0.2) is 49.1 Å². The number of nitrogens with one attached hydrogen (secondary N) is 2. The predicted octanol–water partition coefficient (Wildman–Crippen LogP) is 0.351. The van der Waals surface area contributed by atoms with E-state index in [1.807, 2.05) is 12.1 Å². The van der Waals surface area contributed by atoms with Gasteiger partial charge in [0.15, 0.2) is 11.5 Å². The van der Waals surface area contributed by atoms with Crippen LogP contribution in [0.5, 0.6) is 17.2 Å². The summed E-state index contributed by atoms with van der Waals surface area (Å²) in [4.78, 5) is 0. The van der Waals surface area contributed by atoms with Crippen molar-refractivity contribution in [2.75, 3.05) is 40.7 Å². The van der Waals surface area contributed by atoms with E-state index >= 15 is 0 Å². The van der Waals surface area contributed by atoms with E-state index < -0.39 is 10.0 Å². The van der Waals surface area contributed by atoms with Crippen LogP contribution in [-0.2, 0) is 16.6 Å². The first kappa shape index (κ1) is 17.5. The maximum atomic E-state index is 10.9. The fourth-order valence-corrected chi connectivity index (χ4v) is 2.27. The van der Waals surface area contributed by atoms with Crippen molar-refractivity contribution in [1.82, 2.24) is 10.0 Å². The van der Waals surface area contributed by atoms with Crippen LogP contribution in [0.1, 0.15) is 5.56 Å². The Hall–Kier alpha value is -1.51.